The van der Waals surface area contributed by atoms with Crippen LogP contribution in [0.1, 0.15) is 30.8 Å². The molecule has 0 aliphatic heterocycles. The average Bonchev–Trinajstić information content (AvgIpc) is 3.02. The number of carbonyl (C=O) groups is 1. The van der Waals surface area contributed by atoms with Gasteiger partial charge >= 0.3 is 0 Å². The molecule has 2 heterocycles. The fraction of sp³-hybridized carbons (Fsp3) is 0.400. The Morgan fingerprint density at radius 3 is 2.86 bits per heavy atom. The quantitative estimate of drug-likeness (QED) is 0.753. The second-order valence-electron chi connectivity index (χ2n) is 5.03. The summed E-state index contributed by atoms with van der Waals surface area (Å²) in [5.41, 5.74) is 1.68. The summed E-state index contributed by atoms with van der Waals surface area (Å²) in [6.07, 6.45) is 2.56. The van der Waals surface area contributed by atoms with Crippen LogP contribution in [-0.4, -0.2) is 38.8 Å². The molecule has 2 atom stereocenters. The van der Waals surface area contributed by atoms with Crippen LogP contribution in [0.3, 0.4) is 0 Å². The Morgan fingerprint density at radius 1 is 1.43 bits per heavy atom. The van der Waals surface area contributed by atoms with E-state index in [9.17, 15) is 9.90 Å². The number of amides is 1. The number of H-pyrrole nitrogens is 1. The number of carbonyl (C=O) groups excluding carboxylic acids is 1. The Kier molecular flexibility index (Phi) is 5.05. The first-order chi connectivity index (χ1) is 10.2. The van der Waals surface area contributed by atoms with Gasteiger partial charge in [0.2, 0.25) is 0 Å². The molecule has 0 spiro atoms. The Balaban J connectivity index is 2.09. The van der Waals surface area contributed by atoms with Crippen LogP contribution in [0.5, 0.6) is 0 Å². The minimum Gasteiger partial charge on any atom is -0.394 e. The number of hydrogen-bond acceptors (Lipinski definition) is 4. The summed E-state index contributed by atoms with van der Waals surface area (Å²) in [5.74, 6) is -0.0684. The van der Waals surface area contributed by atoms with E-state index in [0.29, 0.717) is 17.1 Å². The highest BCUT2D eigenvalue weighted by atomic mass is 16.3. The van der Waals surface area contributed by atoms with Crippen LogP contribution in [0.2, 0.25) is 0 Å². The van der Waals surface area contributed by atoms with Crippen molar-refractivity contribution in [2.24, 2.45) is 5.92 Å². The summed E-state index contributed by atoms with van der Waals surface area (Å²) >= 11 is 0. The van der Waals surface area contributed by atoms with E-state index in [-0.39, 0.29) is 24.5 Å². The first-order valence-electron chi connectivity index (χ1n) is 7.04. The lowest BCUT2D eigenvalue weighted by molar-refractivity contribution is 0.0886. The number of pyridine rings is 1. The number of hydrogen-bond donors (Lipinski definition) is 3. The Morgan fingerprint density at radius 2 is 2.24 bits per heavy atom. The van der Waals surface area contributed by atoms with Crippen molar-refractivity contribution >= 4 is 5.91 Å². The predicted molar refractivity (Wildman–Crippen MR) is 79.6 cm³/mol. The molecule has 21 heavy (non-hydrogen) atoms. The van der Waals surface area contributed by atoms with Crippen LogP contribution in [0, 0.1) is 5.92 Å². The monoisotopic (exact) mass is 288 g/mol. The van der Waals surface area contributed by atoms with Gasteiger partial charge in [-0.3, -0.25) is 14.9 Å². The Labute approximate surface area is 123 Å². The van der Waals surface area contributed by atoms with Crippen LogP contribution < -0.4 is 5.32 Å². The van der Waals surface area contributed by atoms with Gasteiger partial charge in [-0.1, -0.05) is 26.3 Å². The normalized spacial score (nSPS) is 13.7. The predicted octanol–water partition coefficient (Wildman–Crippen LogP) is 1.61. The van der Waals surface area contributed by atoms with Crippen molar-refractivity contribution in [2.45, 2.75) is 26.3 Å². The molecule has 6 nitrogen and oxygen atoms in total. The number of nitrogens with zero attached hydrogens (tertiary/aromatic N) is 2. The Bertz CT molecular complexity index is 582. The summed E-state index contributed by atoms with van der Waals surface area (Å²) < 4.78 is 0. The lowest BCUT2D eigenvalue weighted by atomic mass is 10.00. The van der Waals surface area contributed by atoms with E-state index in [1.54, 1.807) is 12.3 Å². The number of aromatic amines is 1. The molecule has 2 aromatic heterocycles. The summed E-state index contributed by atoms with van der Waals surface area (Å²) in [5, 5.41) is 19.0. The van der Waals surface area contributed by atoms with Crippen LogP contribution in [0.15, 0.2) is 30.5 Å². The highest BCUT2D eigenvalue weighted by Gasteiger charge is 2.19. The minimum absolute atomic E-state index is 0.0814. The lowest BCUT2D eigenvalue weighted by Crippen LogP contribution is -2.42. The van der Waals surface area contributed by atoms with Crippen LogP contribution in [0.4, 0.5) is 0 Å². The maximum absolute atomic E-state index is 12.2. The molecule has 0 bridgehead atoms. The van der Waals surface area contributed by atoms with E-state index >= 15 is 0 Å². The molecule has 2 aromatic rings. The molecule has 0 saturated heterocycles. The Hall–Kier alpha value is -2.21. The van der Waals surface area contributed by atoms with Gasteiger partial charge in [-0.15, -0.1) is 0 Å². The molecule has 0 aromatic carbocycles. The van der Waals surface area contributed by atoms with Crippen molar-refractivity contribution in [3.63, 3.8) is 0 Å². The molecule has 112 valence electrons. The molecule has 0 radical (unpaired) electrons. The fourth-order valence-electron chi connectivity index (χ4n) is 1.98. The largest absolute Gasteiger partial charge is 0.394 e. The van der Waals surface area contributed by atoms with Crippen LogP contribution >= 0.6 is 0 Å². The smallest absolute Gasteiger partial charge is 0.269 e. The van der Waals surface area contributed by atoms with Crippen molar-refractivity contribution in [3.8, 4) is 11.4 Å². The molecule has 1 amide bonds. The SMILES string of the molecule is CC[C@H](C)[C@H](CO)NC(=O)c1cc(-c2ccccn2)n[nH]1. The second kappa shape index (κ2) is 6.99. The highest BCUT2D eigenvalue weighted by Crippen LogP contribution is 2.14. The van der Waals surface area contributed by atoms with Crippen LogP contribution in [0.25, 0.3) is 11.4 Å². The molecular weight excluding hydrogens is 268 g/mol. The second-order valence-corrected chi connectivity index (χ2v) is 5.03. The zero-order chi connectivity index (χ0) is 15.2. The summed E-state index contributed by atoms with van der Waals surface area (Å²) in [6, 6.07) is 6.91. The summed E-state index contributed by atoms with van der Waals surface area (Å²) in [4.78, 5) is 16.4. The number of nitrogens with one attached hydrogen (secondary N) is 2. The van der Waals surface area contributed by atoms with E-state index in [1.807, 2.05) is 32.0 Å². The maximum atomic E-state index is 12.2. The standard InChI is InChI=1S/C15H20N4O2/c1-3-10(2)14(9-20)17-15(21)13-8-12(18-19-13)11-6-4-5-7-16-11/h4-8,10,14,20H,3,9H2,1-2H3,(H,17,21)(H,18,19)/t10-,14-/m0/s1. The molecule has 2 rings (SSSR count). The minimum atomic E-state index is -0.274. The molecule has 0 aliphatic carbocycles. The fourth-order valence-corrected chi connectivity index (χ4v) is 1.98. The van der Waals surface area contributed by atoms with E-state index in [1.165, 1.54) is 0 Å². The molecule has 3 N–H and O–H groups in total. The van der Waals surface area contributed by atoms with Gasteiger partial charge in [0, 0.05) is 6.20 Å². The van der Waals surface area contributed by atoms with Crippen LogP contribution in [-0.2, 0) is 0 Å². The van der Waals surface area contributed by atoms with Crippen molar-refractivity contribution in [3.05, 3.63) is 36.2 Å². The third-order valence-electron chi connectivity index (χ3n) is 3.59. The molecule has 0 fully saturated rings. The molecule has 0 saturated carbocycles. The van der Waals surface area contributed by atoms with Gasteiger partial charge in [-0.2, -0.15) is 5.10 Å². The molecule has 0 aliphatic rings. The van der Waals surface area contributed by atoms with Gasteiger partial charge in [0.15, 0.2) is 0 Å². The molecular formula is C15H20N4O2. The van der Waals surface area contributed by atoms with Crippen molar-refractivity contribution in [1.29, 1.82) is 0 Å². The third kappa shape index (κ3) is 3.66. The zero-order valence-electron chi connectivity index (χ0n) is 12.2. The van der Waals surface area contributed by atoms with E-state index < -0.39 is 0 Å². The van der Waals surface area contributed by atoms with Crippen molar-refractivity contribution < 1.29 is 9.90 Å². The van der Waals surface area contributed by atoms with Gasteiger partial charge in [0.05, 0.1) is 18.3 Å². The van der Waals surface area contributed by atoms with Crippen molar-refractivity contribution in [1.82, 2.24) is 20.5 Å². The average molecular weight is 288 g/mol. The first-order valence-corrected chi connectivity index (χ1v) is 7.04. The number of aromatic nitrogens is 3. The topological polar surface area (TPSA) is 90.9 Å². The van der Waals surface area contributed by atoms with Crippen molar-refractivity contribution in [2.75, 3.05) is 6.61 Å². The van der Waals surface area contributed by atoms with E-state index in [4.69, 9.17) is 0 Å². The van der Waals surface area contributed by atoms with E-state index in [2.05, 4.69) is 20.5 Å². The first kappa shape index (κ1) is 15.2. The molecule has 0 unspecified atom stereocenters. The van der Waals surface area contributed by atoms with Gasteiger partial charge in [-0.05, 0) is 24.1 Å². The van der Waals surface area contributed by atoms with Gasteiger partial charge in [-0.25, -0.2) is 0 Å². The number of aliphatic hydroxyl groups is 1. The number of rotatable bonds is 6. The molecule has 6 heteroatoms. The zero-order valence-corrected chi connectivity index (χ0v) is 12.2. The third-order valence-corrected chi connectivity index (χ3v) is 3.59. The maximum Gasteiger partial charge on any atom is 0.269 e. The van der Waals surface area contributed by atoms with E-state index in [0.717, 1.165) is 6.42 Å². The lowest BCUT2D eigenvalue weighted by Gasteiger charge is -2.21. The summed E-state index contributed by atoms with van der Waals surface area (Å²) in [7, 11) is 0. The van der Waals surface area contributed by atoms with Gasteiger partial charge in [0.1, 0.15) is 11.4 Å². The summed E-state index contributed by atoms with van der Waals surface area (Å²) in [6.45, 7) is 3.93. The highest BCUT2D eigenvalue weighted by molar-refractivity contribution is 5.93. The van der Waals surface area contributed by atoms with Gasteiger partial charge < -0.3 is 10.4 Å². The van der Waals surface area contributed by atoms with Gasteiger partial charge in [0.25, 0.3) is 5.91 Å². The number of aliphatic hydroxyl groups excluding tert-OH is 1.